The van der Waals surface area contributed by atoms with Crippen molar-refractivity contribution in [2.24, 2.45) is 0 Å². The first kappa shape index (κ1) is 15.1. The molecule has 0 fully saturated rings. The molecule has 1 aromatic carbocycles. The molecule has 0 aliphatic heterocycles. The average Bonchev–Trinajstić information content (AvgIpc) is 2.44. The van der Waals surface area contributed by atoms with Crippen LogP contribution in [-0.2, 0) is 25.7 Å². The fourth-order valence-electron chi connectivity index (χ4n) is 1.41. The molecule has 4 heteroatoms. The lowest BCUT2D eigenvalue weighted by Gasteiger charge is -2.06. The van der Waals surface area contributed by atoms with Gasteiger partial charge in [-0.3, -0.25) is 4.79 Å². The minimum atomic E-state index is -0.851. The summed E-state index contributed by atoms with van der Waals surface area (Å²) in [5, 5.41) is 0. The summed E-state index contributed by atoms with van der Waals surface area (Å²) in [5.74, 6) is -1.53. The van der Waals surface area contributed by atoms with Crippen molar-refractivity contribution in [3.05, 3.63) is 48.0 Å². The SMILES string of the molecule is C=C(CCOCc1ccccc1)C(=O)C(=O)OCC. The summed E-state index contributed by atoms with van der Waals surface area (Å²) in [6.45, 7) is 6.22. The number of esters is 1. The molecule has 0 radical (unpaired) electrons. The molecule has 0 aliphatic carbocycles. The van der Waals surface area contributed by atoms with E-state index in [9.17, 15) is 9.59 Å². The van der Waals surface area contributed by atoms with Crippen molar-refractivity contribution in [3.8, 4) is 0 Å². The second-order valence-electron chi connectivity index (χ2n) is 3.94. The molecule has 19 heavy (non-hydrogen) atoms. The lowest BCUT2D eigenvalue weighted by Crippen LogP contribution is -2.19. The molecule has 0 heterocycles. The highest BCUT2D eigenvalue weighted by Crippen LogP contribution is 2.05. The van der Waals surface area contributed by atoms with Gasteiger partial charge in [0.25, 0.3) is 5.78 Å². The number of hydrogen-bond donors (Lipinski definition) is 0. The Balaban J connectivity index is 2.24. The molecule has 0 unspecified atom stereocenters. The van der Waals surface area contributed by atoms with Crippen LogP contribution >= 0.6 is 0 Å². The minimum Gasteiger partial charge on any atom is -0.460 e. The summed E-state index contributed by atoms with van der Waals surface area (Å²) in [5.41, 5.74) is 1.27. The Kier molecular flexibility index (Phi) is 6.53. The molecule has 1 rings (SSSR count). The molecule has 0 bridgehead atoms. The molecule has 1 aromatic rings. The molecule has 0 aliphatic rings. The highest BCUT2D eigenvalue weighted by molar-refractivity contribution is 6.40. The third-order valence-corrected chi connectivity index (χ3v) is 2.44. The van der Waals surface area contributed by atoms with Gasteiger partial charge >= 0.3 is 5.97 Å². The first-order valence-electron chi connectivity index (χ1n) is 6.16. The Hall–Kier alpha value is -1.94. The monoisotopic (exact) mass is 262 g/mol. The average molecular weight is 262 g/mol. The number of ether oxygens (including phenoxy) is 2. The van der Waals surface area contributed by atoms with Crippen LogP contribution in [0.2, 0.25) is 0 Å². The molecule has 0 atom stereocenters. The maximum Gasteiger partial charge on any atom is 0.379 e. The molecular weight excluding hydrogens is 244 g/mol. The zero-order valence-electron chi connectivity index (χ0n) is 11.1. The van der Waals surface area contributed by atoms with Gasteiger partial charge in [-0.25, -0.2) is 4.79 Å². The minimum absolute atomic E-state index is 0.183. The molecule has 0 N–H and O–H groups in total. The van der Waals surface area contributed by atoms with Crippen molar-refractivity contribution in [2.45, 2.75) is 20.0 Å². The molecule has 0 spiro atoms. The summed E-state index contributed by atoms with van der Waals surface area (Å²) in [4.78, 5) is 22.6. The molecular formula is C15H18O4. The fraction of sp³-hybridized carbons (Fsp3) is 0.333. The molecule has 4 nitrogen and oxygen atoms in total. The van der Waals surface area contributed by atoms with Crippen LogP contribution < -0.4 is 0 Å². The molecule has 0 amide bonds. The Labute approximate surface area is 113 Å². The second-order valence-corrected chi connectivity index (χ2v) is 3.94. The van der Waals surface area contributed by atoms with E-state index in [0.29, 0.717) is 19.6 Å². The standard InChI is InChI=1S/C15H18O4/c1-3-19-15(17)14(16)12(2)9-10-18-11-13-7-5-4-6-8-13/h4-8H,2-3,9-11H2,1H3. The van der Waals surface area contributed by atoms with E-state index in [-0.39, 0.29) is 12.2 Å². The van der Waals surface area contributed by atoms with Crippen molar-refractivity contribution in [1.82, 2.24) is 0 Å². The van der Waals surface area contributed by atoms with Gasteiger partial charge in [-0.1, -0.05) is 36.9 Å². The second kappa shape index (κ2) is 8.21. The number of carbonyl (C=O) groups excluding carboxylic acids is 2. The van der Waals surface area contributed by atoms with Gasteiger partial charge in [-0.2, -0.15) is 0 Å². The maximum atomic E-state index is 11.5. The molecule has 0 aromatic heterocycles. The van der Waals surface area contributed by atoms with Crippen LogP contribution in [0.25, 0.3) is 0 Å². The molecule has 0 saturated heterocycles. The summed E-state index contributed by atoms with van der Waals surface area (Å²) < 4.78 is 10.0. The quantitative estimate of drug-likeness (QED) is 0.312. The molecule has 102 valence electrons. The largest absolute Gasteiger partial charge is 0.460 e. The van der Waals surface area contributed by atoms with Crippen molar-refractivity contribution in [1.29, 1.82) is 0 Å². The van der Waals surface area contributed by atoms with Gasteiger partial charge in [-0.05, 0) is 18.9 Å². The van der Waals surface area contributed by atoms with E-state index < -0.39 is 11.8 Å². The van der Waals surface area contributed by atoms with E-state index >= 15 is 0 Å². The van der Waals surface area contributed by atoms with Gasteiger partial charge in [0.05, 0.1) is 19.8 Å². The number of carbonyl (C=O) groups is 2. The Morgan fingerprint density at radius 3 is 2.53 bits per heavy atom. The van der Waals surface area contributed by atoms with Gasteiger partial charge in [0.2, 0.25) is 0 Å². The Morgan fingerprint density at radius 1 is 1.21 bits per heavy atom. The third-order valence-electron chi connectivity index (χ3n) is 2.44. The van der Waals surface area contributed by atoms with Crippen molar-refractivity contribution in [2.75, 3.05) is 13.2 Å². The van der Waals surface area contributed by atoms with Gasteiger partial charge in [-0.15, -0.1) is 0 Å². The number of benzene rings is 1. The van der Waals surface area contributed by atoms with Crippen LogP contribution in [-0.4, -0.2) is 25.0 Å². The van der Waals surface area contributed by atoms with Gasteiger partial charge in [0.15, 0.2) is 0 Å². The smallest absolute Gasteiger partial charge is 0.379 e. The molecule has 0 saturated carbocycles. The van der Waals surface area contributed by atoms with Crippen LogP contribution in [0.1, 0.15) is 18.9 Å². The van der Waals surface area contributed by atoms with Gasteiger partial charge < -0.3 is 9.47 Å². The lowest BCUT2D eigenvalue weighted by molar-refractivity contribution is -0.151. The lowest BCUT2D eigenvalue weighted by atomic mass is 10.1. The van der Waals surface area contributed by atoms with Crippen molar-refractivity contribution < 1.29 is 19.1 Å². The van der Waals surface area contributed by atoms with E-state index in [0.717, 1.165) is 5.56 Å². The van der Waals surface area contributed by atoms with Crippen LogP contribution in [0.5, 0.6) is 0 Å². The van der Waals surface area contributed by atoms with Crippen LogP contribution in [0, 0.1) is 0 Å². The Morgan fingerprint density at radius 2 is 1.89 bits per heavy atom. The highest BCUT2D eigenvalue weighted by atomic mass is 16.5. The fourth-order valence-corrected chi connectivity index (χ4v) is 1.41. The zero-order chi connectivity index (χ0) is 14.1. The third kappa shape index (κ3) is 5.48. The van der Waals surface area contributed by atoms with E-state index in [1.807, 2.05) is 30.3 Å². The normalized spacial score (nSPS) is 9.95. The zero-order valence-corrected chi connectivity index (χ0v) is 11.1. The summed E-state index contributed by atoms with van der Waals surface area (Å²) in [6, 6.07) is 9.71. The number of ketones is 1. The van der Waals surface area contributed by atoms with Gasteiger partial charge in [0, 0.05) is 5.57 Å². The van der Waals surface area contributed by atoms with E-state index in [1.54, 1.807) is 6.92 Å². The topological polar surface area (TPSA) is 52.6 Å². The predicted octanol–water partition coefficient (Wildman–Crippen LogP) is 2.28. The van der Waals surface area contributed by atoms with E-state index in [4.69, 9.17) is 4.74 Å². The summed E-state index contributed by atoms with van der Waals surface area (Å²) in [6.07, 6.45) is 0.324. The maximum absolute atomic E-state index is 11.5. The van der Waals surface area contributed by atoms with Crippen molar-refractivity contribution >= 4 is 11.8 Å². The summed E-state index contributed by atoms with van der Waals surface area (Å²) >= 11 is 0. The number of hydrogen-bond acceptors (Lipinski definition) is 4. The number of Topliss-reactive ketones (excluding diaryl/α,β-unsaturated/α-hetero) is 1. The van der Waals surface area contributed by atoms with Crippen LogP contribution in [0.4, 0.5) is 0 Å². The van der Waals surface area contributed by atoms with Gasteiger partial charge in [0.1, 0.15) is 0 Å². The number of rotatable bonds is 8. The van der Waals surface area contributed by atoms with Crippen LogP contribution in [0.15, 0.2) is 42.5 Å². The first-order chi connectivity index (χ1) is 9.15. The predicted molar refractivity (Wildman–Crippen MR) is 71.5 cm³/mol. The summed E-state index contributed by atoms with van der Waals surface area (Å²) in [7, 11) is 0. The highest BCUT2D eigenvalue weighted by Gasteiger charge is 2.17. The van der Waals surface area contributed by atoms with E-state index in [2.05, 4.69) is 11.3 Å². The van der Waals surface area contributed by atoms with E-state index in [1.165, 1.54) is 0 Å². The first-order valence-corrected chi connectivity index (χ1v) is 6.16. The Bertz CT molecular complexity index is 437. The van der Waals surface area contributed by atoms with Crippen molar-refractivity contribution in [3.63, 3.8) is 0 Å². The van der Waals surface area contributed by atoms with Crippen LogP contribution in [0.3, 0.4) is 0 Å².